The molecule has 1 aromatic heterocycles. The van der Waals surface area contributed by atoms with Crippen LogP contribution in [0.4, 0.5) is 11.5 Å². The smallest absolute Gasteiger partial charge is 0.165 e. The second kappa shape index (κ2) is 5.47. The van der Waals surface area contributed by atoms with E-state index < -0.39 is 0 Å². The molecule has 0 aliphatic heterocycles. The molecule has 1 heterocycles. The van der Waals surface area contributed by atoms with Gasteiger partial charge in [-0.3, -0.25) is 0 Å². The zero-order chi connectivity index (χ0) is 11.3. The number of nitrogens with two attached hydrogens (primary N) is 1. The molecule has 80 valence electrons. The van der Waals surface area contributed by atoms with E-state index in [1.807, 2.05) is 24.1 Å². The number of nitrogen functional groups attached to an aromatic ring is 1. The Balaban J connectivity index is 2.82. The number of thioether (sulfide) groups is 1. The van der Waals surface area contributed by atoms with Crippen LogP contribution < -0.4 is 10.6 Å². The summed E-state index contributed by atoms with van der Waals surface area (Å²) in [5.74, 6) is 1.82. The molecular weight excluding hydrogens is 208 g/mol. The number of anilines is 2. The molecule has 2 N–H and O–H groups in total. The molecule has 0 fully saturated rings. The molecule has 0 spiro atoms. The lowest BCUT2D eigenvalue weighted by Crippen LogP contribution is -2.21. The van der Waals surface area contributed by atoms with Gasteiger partial charge in [-0.2, -0.15) is 17.0 Å². The van der Waals surface area contributed by atoms with Gasteiger partial charge in [0.2, 0.25) is 0 Å². The van der Waals surface area contributed by atoms with Crippen LogP contribution in [0.2, 0.25) is 0 Å². The molecule has 1 rings (SSSR count). The Kier molecular flexibility index (Phi) is 4.25. The van der Waals surface area contributed by atoms with Crippen molar-refractivity contribution in [3.8, 4) is 6.07 Å². The van der Waals surface area contributed by atoms with E-state index in [1.165, 1.54) is 0 Å². The molecule has 0 unspecified atom stereocenters. The molecule has 0 atom stereocenters. The summed E-state index contributed by atoms with van der Waals surface area (Å²) >= 11 is 1.78. The van der Waals surface area contributed by atoms with Crippen LogP contribution in [-0.2, 0) is 0 Å². The van der Waals surface area contributed by atoms with E-state index in [0.717, 1.165) is 18.1 Å². The first-order valence-corrected chi connectivity index (χ1v) is 5.95. The summed E-state index contributed by atoms with van der Waals surface area (Å²) in [6.07, 6.45) is 2.06. The minimum absolute atomic E-state index is 0.295. The maximum atomic E-state index is 8.79. The lowest BCUT2D eigenvalue weighted by Gasteiger charge is -2.17. The van der Waals surface area contributed by atoms with Gasteiger partial charge in [-0.05, 0) is 18.4 Å². The van der Waals surface area contributed by atoms with Crippen LogP contribution in [0.1, 0.15) is 5.69 Å². The fourth-order valence-corrected chi connectivity index (χ4v) is 1.56. The van der Waals surface area contributed by atoms with Crippen molar-refractivity contribution in [2.45, 2.75) is 0 Å². The largest absolute Gasteiger partial charge is 0.396 e. The number of hydrogen-bond acceptors (Lipinski definition) is 5. The second-order valence-electron chi connectivity index (χ2n) is 3.13. The van der Waals surface area contributed by atoms with E-state index in [1.54, 1.807) is 17.8 Å². The van der Waals surface area contributed by atoms with Crippen LogP contribution in [0.3, 0.4) is 0 Å². The summed E-state index contributed by atoms with van der Waals surface area (Å²) < 4.78 is 0. The van der Waals surface area contributed by atoms with Gasteiger partial charge in [-0.15, -0.1) is 0 Å². The summed E-state index contributed by atoms with van der Waals surface area (Å²) in [7, 11) is 1.95. The minimum Gasteiger partial charge on any atom is -0.396 e. The molecule has 0 saturated heterocycles. The molecule has 0 aliphatic rings. The molecule has 0 radical (unpaired) electrons. The van der Waals surface area contributed by atoms with Crippen LogP contribution in [-0.4, -0.2) is 30.6 Å². The Hall–Kier alpha value is -1.41. The first-order valence-electron chi connectivity index (χ1n) is 4.55. The van der Waals surface area contributed by atoms with Crippen molar-refractivity contribution >= 4 is 23.3 Å². The highest BCUT2D eigenvalue weighted by atomic mass is 32.2. The van der Waals surface area contributed by atoms with Crippen molar-refractivity contribution in [2.24, 2.45) is 0 Å². The molecule has 0 aromatic carbocycles. The number of nitriles is 1. The summed E-state index contributed by atoms with van der Waals surface area (Å²) in [5.41, 5.74) is 6.32. The van der Waals surface area contributed by atoms with E-state index in [4.69, 9.17) is 11.0 Å². The monoisotopic (exact) mass is 222 g/mol. The van der Waals surface area contributed by atoms with E-state index in [2.05, 4.69) is 11.2 Å². The summed E-state index contributed by atoms with van der Waals surface area (Å²) in [6.45, 7) is 0.906. The van der Waals surface area contributed by atoms with E-state index in [-0.39, 0.29) is 0 Å². The standard InChI is InChI=1S/C10H14N4S/c1-14(5-6-15-2)10-4-3-8(12)9(7-11)13-10/h3-4H,5-6,12H2,1-2H3. The molecule has 0 bridgehead atoms. The molecule has 0 aliphatic carbocycles. The predicted octanol–water partition coefficient (Wildman–Crippen LogP) is 1.33. The predicted molar refractivity (Wildman–Crippen MR) is 65.0 cm³/mol. The molecule has 1 aromatic rings. The van der Waals surface area contributed by atoms with Crippen LogP contribution >= 0.6 is 11.8 Å². The van der Waals surface area contributed by atoms with Gasteiger partial charge in [-0.1, -0.05) is 0 Å². The third kappa shape index (κ3) is 3.03. The van der Waals surface area contributed by atoms with E-state index >= 15 is 0 Å². The van der Waals surface area contributed by atoms with Gasteiger partial charge in [0.25, 0.3) is 0 Å². The first-order chi connectivity index (χ1) is 7.19. The highest BCUT2D eigenvalue weighted by Gasteiger charge is 2.05. The molecule has 0 saturated carbocycles. The first kappa shape index (κ1) is 11.7. The van der Waals surface area contributed by atoms with Crippen LogP contribution in [0, 0.1) is 11.3 Å². The number of hydrogen-bond donors (Lipinski definition) is 1. The number of pyridine rings is 1. The Bertz CT molecular complexity index is 372. The van der Waals surface area contributed by atoms with Crippen LogP contribution in [0.5, 0.6) is 0 Å². The zero-order valence-electron chi connectivity index (χ0n) is 8.90. The molecule has 4 nitrogen and oxygen atoms in total. The van der Waals surface area contributed by atoms with Gasteiger partial charge >= 0.3 is 0 Å². The van der Waals surface area contributed by atoms with Crippen LogP contribution in [0.15, 0.2) is 12.1 Å². The number of rotatable bonds is 4. The highest BCUT2D eigenvalue weighted by molar-refractivity contribution is 7.98. The third-order valence-electron chi connectivity index (χ3n) is 2.04. The molecular formula is C10H14N4S. The Morgan fingerprint density at radius 3 is 2.93 bits per heavy atom. The lowest BCUT2D eigenvalue weighted by molar-refractivity contribution is 0.944. The van der Waals surface area contributed by atoms with Gasteiger partial charge < -0.3 is 10.6 Å². The summed E-state index contributed by atoms with van der Waals surface area (Å²) in [5, 5.41) is 8.79. The van der Waals surface area contributed by atoms with Gasteiger partial charge in [0.1, 0.15) is 11.9 Å². The summed E-state index contributed by atoms with van der Waals surface area (Å²) in [4.78, 5) is 6.18. The molecule has 5 heteroatoms. The number of aromatic nitrogens is 1. The zero-order valence-corrected chi connectivity index (χ0v) is 9.71. The van der Waals surface area contributed by atoms with Crippen molar-refractivity contribution in [3.63, 3.8) is 0 Å². The Labute approximate surface area is 94.1 Å². The Morgan fingerprint density at radius 1 is 1.60 bits per heavy atom. The van der Waals surface area contributed by atoms with Crippen molar-refractivity contribution in [3.05, 3.63) is 17.8 Å². The SMILES string of the molecule is CSCCN(C)c1ccc(N)c(C#N)n1. The van der Waals surface area contributed by atoms with Gasteiger partial charge in [0.15, 0.2) is 5.69 Å². The third-order valence-corrected chi connectivity index (χ3v) is 2.63. The highest BCUT2D eigenvalue weighted by Crippen LogP contribution is 2.15. The van der Waals surface area contributed by atoms with Crippen molar-refractivity contribution in [1.82, 2.24) is 4.98 Å². The van der Waals surface area contributed by atoms with Gasteiger partial charge in [-0.25, -0.2) is 4.98 Å². The van der Waals surface area contributed by atoms with E-state index in [9.17, 15) is 0 Å². The van der Waals surface area contributed by atoms with E-state index in [0.29, 0.717) is 11.4 Å². The van der Waals surface area contributed by atoms with Gasteiger partial charge in [0, 0.05) is 19.3 Å². The maximum absolute atomic E-state index is 8.79. The molecule has 0 amide bonds. The van der Waals surface area contributed by atoms with Crippen molar-refractivity contribution in [1.29, 1.82) is 5.26 Å². The number of nitrogens with zero attached hydrogens (tertiary/aromatic N) is 3. The summed E-state index contributed by atoms with van der Waals surface area (Å²) in [6, 6.07) is 5.53. The minimum atomic E-state index is 0.295. The second-order valence-corrected chi connectivity index (χ2v) is 4.12. The van der Waals surface area contributed by atoms with Crippen molar-refractivity contribution in [2.75, 3.05) is 36.2 Å². The Morgan fingerprint density at radius 2 is 2.33 bits per heavy atom. The fraction of sp³-hybridized carbons (Fsp3) is 0.400. The normalized spacial score (nSPS) is 9.67. The fourth-order valence-electron chi connectivity index (χ4n) is 1.10. The molecule has 15 heavy (non-hydrogen) atoms. The average Bonchev–Trinajstić information content (AvgIpc) is 2.26. The quantitative estimate of drug-likeness (QED) is 0.832. The van der Waals surface area contributed by atoms with Crippen LogP contribution in [0.25, 0.3) is 0 Å². The maximum Gasteiger partial charge on any atom is 0.165 e. The van der Waals surface area contributed by atoms with Crippen molar-refractivity contribution < 1.29 is 0 Å². The topological polar surface area (TPSA) is 65.9 Å². The van der Waals surface area contributed by atoms with Gasteiger partial charge in [0.05, 0.1) is 5.69 Å². The lowest BCUT2D eigenvalue weighted by atomic mass is 10.3. The average molecular weight is 222 g/mol.